The van der Waals surface area contributed by atoms with E-state index in [-0.39, 0.29) is 5.91 Å². The molecule has 0 radical (unpaired) electrons. The number of aromatic nitrogens is 2. The second kappa shape index (κ2) is 7.98. The molecule has 0 fully saturated rings. The summed E-state index contributed by atoms with van der Waals surface area (Å²) in [5.41, 5.74) is 7.93. The monoisotopic (exact) mass is 383 g/mol. The van der Waals surface area contributed by atoms with Crippen LogP contribution in [0.3, 0.4) is 0 Å². The first-order valence-corrected chi connectivity index (χ1v) is 9.26. The number of amides is 1. The number of rotatable bonds is 5. The van der Waals surface area contributed by atoms with E-state index in [9.17, 15) is 4.79 Å². The number of H-pyrrole nitrogens is 1. The van der Waals surface area contributed by atoms with Crippen LogP contribution >= 0.6 is 0 Å². The minimum absolute atomic E-state index is 0.262. The molecule has 0 aliphatic carbocycles. The third-order valence-corrected chi connectivity index (χ3v) is 4.60. The van der Waals surface area contributed by atoms with Crippen molar-refractivity contribution in [2.24, 2.45) is 5.10 Å². The molecule has 144 valence electrons. The standard InChI is InChI=1S/C23H21N5O/c1-28(2)19-13-7-16(8-14-19)15-24-27-23(29)18-11-9-17(10-12-18)22-25-20-5-3-4-6-21(20)26-22/h3-15H,1-2H3,(H,25,26)(H,27,29)/b24-15+. The maximum absolute atomic E-state index is 12.3. The van der Waals surface area contributed by atoms with Crippen LogP contribution in [0.4, 0.5) is 5.69 Å². The average molecular weight is 383 g/mol. The molecule has 1 heterocycles. The molecule has 1 amide bonds. The van der Waals surface area contributed by atoms with Gasteiger partial charge in [-0.05, 0) is 42.0 Å². The summed E-state index contributed by atoms with van der Waals surface area (Å²) in [6.07, 6.45) is 1.63. The Balaban J connectivity index is 1.41. The Bertz CT molecular complexity index is 1130. The van der Waals surface area contributed by atoms with Gasteiger partial charge in [-0.15, -0.1) is 0 Å². The van der Waals surface area contributed by atoms with Gasteiger partial charge in [0, 0.05) is 30.9 Å². The molecule has 0 bridgehead atoms. The van der Waals surface area contributed by atoms with Crippen molar-refractivity contribution in [3.05, 3.63) is 83.9 Å². The lowest BCUT2D eigenvalue weighted by molar-refractivity contribution is 0.0955. The number of anilines is 1. The van der Waals surface area contributed by atoms with Crippen molar-refractivity contribution >= 4 is 28.8 Å². The van der Waals surface area contributed by atoms with Crippen molar-refractivity contribution < 1.29 is 4.79 Å². The fourth-order valence-corrected chi connectivity index (χ4v) is 2.96. The highest BCUT2D eigenvalue weighted by Gasteiger charge is 2.08. The van der Waals surface area contributed by atoms with Crippen molar-refractivity contribution in [2.45, 2.75) is 0 Å². The number of nitrogens with one attached hydrogen (secondary N) is 2. The van der Waals surface area contributed by atoms with Gasteiger partial charge in [-0.2, -0.15) is 5.10 Å². The van der Waals surface area contributed by atoms with Crippen LogP contribution in [-0.4, -0.2) is 36.2 Å². The van der Waals surface area contributed by atoms with Crippen LogP contribution < -0.4 is 10.3 Å². The van der Waals surface area contributed by atoms with Crippen LogP contribution in [0, 0.1) is 0 Å². The largest absolute Gasteiger partial charge is 0.378 e. The van der Waals surface area contributed by atoms with E-state index in [1.54, 1.807) is 18.3 Å². The molecule has 1 aromatic heterocycles. The van der Waals surface area contributed by atoms with Gasteiger partial charge in [0.2, 0.25) is 0 Å². The molecule has 0 spiro atoms. The van der Waals surface area contributed by atoms with Crippen LogP contribution in [0.1, 0.15) is 15.9 Å². The average Bonchev–Trinajstić information content (AvgIpc) is 3.18. The summed E-state index contributed by atoms with van der Waals surface area (Å²) in [6, 6.07) is 23.0. The predicted molar refractivity (Wildman–Crippen MR) is 117 cm³/mol. The van der Waals surface area contributed by atoms with Crippen molar-refractivity contribution in [1.29, 1.82) is 0 Å². The van der Waals surface area contributed by atoms with Gasteiger partial charge in [0.25, 0.3) is 5.91 Å². The highest BCUT2D eigenvalue weighted by Crippen LogP contribution is 2.20. The number of carbonyl (C=O) groups excluding carboxylic acids is 1. The lowest BCUT2D eigenvalue weighted by atomic mass is 10.1. The van der Waals surface area contributed by atoms with Gasteiger partial charge in [0.15, 0.2) is 0 Å². The topological polar surface area (TPSA) is 73.4 Å². The van der Waals surface area contributed by atoms with Gasteiger partial charge in [-0.25, -0.2) is 10.4 Å². The lowest BCUT2D eigenvalue weighted by Crippen LogP contribution is -2.17. The Morgan fingerprint density at radius 2 is 1.72 bits per heavy atom. The van der Waals surface area contributed by atoms with E-state index in [2.05, 4.69) is 20.5 Å². The number of hydrazone groups is 1. The van der Waals surface area contributed by atoms with E-state index >= 15 is 0 Å². The molecule has 29 heavy (non-hydrogen) atoms. The molecule has 4 aromatic rings. The molecule has 0 atom stereocenters. The maximum atomic E-state index is 12.3. The molecule has 0 aliphatic heterocycles. The van der Waals surface area contributed by atoms with E-state index < -0.39 is 0 Å². The van der Waals surface area contributed by atoms with Crippen molar-refractivity contribution in [3.63, 3.8) is 0 Å². The van der Waals surface area contributed by atoms with Gasteiger partial charge in [0.05, 0.1) is 17.2 Å². The molecule has 0 unspecified atom stereocenters. The summed E-state index contributed by atoms with van der Waals surface area (Å²) in [5, 5.41) is 4.05. The first kappa shape index (κ1) is 18.4. The Labute approximate surface area is 168 Å². The summed E-state index contributed by atoms with van der Waals surface area (Å²) in [5.74, 6) is 0.514. The summed E-state index contributed by atoms with van der Waals surface area (Å²) in [4.78, 5) is 22.2. The quantitative estimate of drug-likeness (QED) is 0.403. The zero-order valence-electron chi connectivity index (χ0n) is 16.3. The first-order valence-electron chi connectivity index (χ1n) is 9.26. The second-order valence-corrected chi connectivity index (χ2v) is 6.86. The molecule has 0 saturated carbocycles. The number of carbonyl (C=O) groups is 1. The SMILES string of the molecule is CN(C)c1ccc(/C=N/NC(=O)c2ccc(-c3nc4ccccc4[nH]3)cc2)cc1. The highest BCUT2D eigenvalue weighted by atomic mass is 16.2. The molecule has 0 saturated heterocycles. The number of nitrogens with zero attached hydrogens (tertiary/aromatic N) is 3. The van der Waals surface area contributed by atoms with Gasteiger partial charge >= 0.3 is 0 Å². The van der Waals surface area contributed by atoms with Crippen LogP contribution in [-0.2, 0) is 0 Å². The number of benzene rings is 3. The summed E-state index contributed by atoms with van der Waals surface area (Å²) in [6.45, 7) is 0. The van der Waals surface area contributed by atoms with Gasteiger partial charge in [0.1, 0.15) is 5.82 Å². The van der Waals surface area contributed by atoms with Crippen LogP contribution in [0.15, 0.2) is 77.9 Å². The van der Waals surface area contributed by atoms with Gasteiger partial charge < -0.3 is 9.88 Å². The van der Waals surface area contributed by atoms with E-state index in [0.717, 1.165) is 33.7 Å². The minimum Gasteiger partial charge on any atom is -0.378 e. The van der Waals surface area contributed by atoms with Gasteiger partial charge in [-0.1, -0.05) is 36.4 Å². The van der Waals surface area contributed by atoms with Crippen molar-refractivity contribution in [2.75, 3.05) is 19.0 Å². The van der Waals surface area contributed by atoms with Crippen LogP contribution in [0.2, 0.25) is 0 Å². The zero-order valence-corrected chi connectivity index (χ0v) is 16.3. The minimum atomic E-state index is -0.262. The summed E-state index contributed by atoms with van der Waals surface area (Å²) in [7, 11) is 3.98. The molecule has 4 rings (SSSR count). The Kier molecular flexibility index (Phi) is 5.07. The number of para-hydroxylation sites is 2. The summed E-state index contributed by atoms with van der Waals surface area (Å²) < 4.78 is 0. The van der Waals surface area contributed by atoms with E-state index in [0.29, 0.717) is 5.56 Å². The van der Waals surface area contributed by atoms with E-state index in [1.165, 1.54) is 0 Å². The molecule has 6 nitrogen and oxygen atoms in total. The normalized spacial score (nSPS) is 11.1. The molecular weight excluding hydrogens is 362 g/mol. The van der Waals surface area contributed by atoms with Crippen LogP contribution in [0.25, 0.3) is 22.4 Å². The van der Waals surface area contributed by atoms with Crippen molar-refractivity contribution in [1.82, 2.24) is 15.4 Å². The summed E-state index contributed by atoms with van der Waals surface area (Å²) >= 11 is 0. The number of imidazole rings is 1. The maximum Gasteiger partial charge on any atom is 0.271 e. The number of hydrogen-bond donors (Lipinski definition) is 2. The Morgan fingerprint density at radius 3 is 2.41 bits per heavy atom. The fraction of sp³-hybridized carbons (Fsp3) is 0.0870. The smallest absolute Gasteiger partial charge is 0.271 e. The molecule has 3 aromatic carbocycles. The third-order valence-electron chi connectivity index (χ3n) is 4.60. The highest BCUT2D eigenvalue weighted by molar-refractivity contribution is 5.95. The van der Waals surface area contributed by atoms with E-state index in [4.69, 9.17) is 0 Å². The number of hydrogen-bond acceptors (Lipinski definition) is 4. The zero-order chi connectivity index (χ0) is 20.2. The van der Waals surface area contributed by atoms with E-state index in [1.807, 2.05) is 79.7 Å². The van der Waals surface area contributed by atoms with Gasteiger partial charge in [-0.3, -0.25) is 4.79 Å². The van der Waals surface area contributed by atoms with Crippen LogP contribution in [0.5, 0.6) is 0 Å². The second-order valence-electron chi connectivity index (χ2n) is 6.86. The molecule has 2 N–H and O–H groups in total. The Morgan fingerprint density at radius 1 is 1.00 bits per heavy atom. The Hall–Kier alpha value is -3.93. The predicted octanol–water partition coefficient (Wildman–Crippen LogP) is 4.06. The molecule has 6 heteroatoms. The number of fused-ring (bicyclic) bond motifs is 1. The first-order chi connectivity index (χ1) is 14.1. The number of aromatic amines is 1. The molecular formula is C23H21N5O. The lowest BCUT2D eigenvalue weighted by Gasteiger charge is -2.11. The third kappa shape index (κ3) is 4.16. The molecule has 0 aliphatic rings. The van der Waals surface area contributed by atoms with Crippen molar-refractivity contribution in [3.8, 4) is 11.4 Å². The fourth-order valence-electron chi connectivity index (χ4n) is 2.96.